The van der Waals surface area contributed by atoms with Crippen molar-refractivity contribution in [1.29, 1.82) is 0 Å². The second-order valence-corrected chi connectivity index (χ2v) is 6.89. The van der Waals surface area contributed by atoms with E-state index in [9.17, 15) is 14.0 Å². The predicted molar refractivity (Wildman–Crippen MR) is 85.1 cm³/mol. The van der Waals surface area contributed by atoms with Crippen LogP contribution < -0.4 is 0 Å². The number of nitrogens with zero attached hydrogens (tertiary/aromatic N) is 1. The SMILES string of the molecule is COC(=O)CC(C)(C)CC(=O)N1CCC[C@@H]1c1ccc(F)cc1. The van der Waals surface area contributed by atoms with Crippen molar-refractivity contribution >= 4 is 11.9 Å². The van der Waals surface area contributed by atoms with Crippen LogP contribution in [0.2, 0.25) is 0 Å². The lowest BCUT2D eigenvalue weighted by Gasteiger charge is -2.30. The van der Waals surface area contributed by atoms with Crippen LogP contribution in [0, 0.1) is 11.2 Å². The van der Waals surface area contributed by atoms with Crippen LogP contribution in [0.25, 0.3) is 0 Å². The third-order valence-electron chi connectivity index (χ3n) is 4.31. The number of hydrogen-bond donors (Lipinski definition) is 0. The Bertz CT molecular complexity index is 568. The summed E-state index contributed by atoms with van der Waals surface area (Å²) in [4.78, 5) is 26.0. The molecule has 4 nitrogen and oxygen atoms in total. The molecule has 0 radical (unpaired) electrons. The van der Waals surface area contributed by atoms with Gasteiger partial charge in [-0.15, -0.1) is 0 Å². The first kappa shape index (κ1) is 17.4. The molecule has 1 heterocycles. The van der Waals surface area contributed by atoms with Crippen LogP contribution in [0.15, 0.2) is 24.3 Å². The van der Waals surface area contributed by atoms with Gasteiger partial charge in [-0.25, -0.2) is 4.39 Å². The van der Waals surface area contributed by atoms with Crippen molar-refractivity contribution in [1.82, 2.24) is 4.90 Å². The van der Waals surface area contributed by atoms with E-state index in [1.165, 1.54) is 19.2 Å². The molecule has 0 spiro atoms. The fraction of sp³-hybridized carbons (Fsp3) is 0.556. The topological polar surface area (TPSA) is 46.6 Å². The Morgan fingerprint density at radius 1 is 1.26 bits per heavy atom. The quantitative estimate of drug-likeness (QED) is 0.780. The number of carbonyl (C=O) groups is 2. The summed E-state index contributed by atoms with van der Waals surface area (Å²) in [5.74, 6) is -0.547. The summed E-state index contributed by atoms with van der Waals surface area (Å²) in [6.07, 6.45) is 2.32. The van der Waals surface area contributed by atoms with Gasteiger partial charge in [-0.2, -0.15) is 0 Å². The molecule has 1 aliphatic rings. The molecule has 0 N–H and O–H groups in total. The molecule has 1 saturated heterocycles. The Labute approximate surface area is 136 Å². The zero-order valence-corrected chi connectivity index (χ0v) is 14.0. The van der Waals surface area contributed by atoms with E-state index in [4.69, 9.17) is 4.74 Å². The minimum Gasteiger partial charge on any atom is -0.469 e. The lowest BCUT2D eigenvalue weighted by atomic mass is 9.85. The molecule has 126 valence electrons. The number of likely N-dealkylation sites (tertiary alicyclic amines) is 1. The first-order valence-electron chi connectivity index (χ1n) is 7.94. The molecular formula is C18H24FNO3. The van der Waals surface area contributed by atoms with Crippen molar-refractivity contribution in [3.8, 4) is 0 Å². The Morgan fingerprint density at radius 2 is 1.91 bits per heavy atom. The van der Waals surface area contributed by atoms with Crippen molar-refractivity contribution in [2.75, 3.05) is 13.7 Å². The van der Waals surface area contributed by atoms with E-state index >= 15 is 0 Å². The molecule has 0 aliphatic carbocycles. The van der Waals surface area contributed by atoms with E-state index in [2.05, 4.69) is 0 Å². The summed E-state index contributed by atoms with van der Waals surface area (Å²) in [5.41, 5.74) is 0.517. The van der Waals surface area contributed by atoms with Crippen LogP contribution in [-0.4, -0.2) is 30.4 Å². The fourth-order valence-corrected chi connectivity index (χ4v) is 3.13. The Balaban J connectivity index is 2.05. The molecule has 2 rings (SSSR count). The van der Waals surface area contributed by atoms with E-state index < -0.39 is 5.41 Å². The van der Waals surface area contributed by atoms with Gasteiger partial charge in [0.25, 0.3) is 0 Å². The highest BCUT2D eigenvalue weighted by Gasteiger charge is 2.34. The van der Waals surface area contributed by atoms with Gasteiger partial charge in [-0.05, 0) is 36.0 Å². The number of methoxy groups -OCH3 is 1. The molecule has 1 aromatic carbocycles. The van der Waals surface area contributed by atoms with Gasteiger partial charge in [0.1, 0.15) is 5.82 Å². The largest absolute Gasteiger partial charge is 0.469 e. The summed E-state index contributed by atoms with van der Waals surface area (Å²) in [6.45, 7) is 4.49. The number of hydrogen-bond acceptors (Lipinski definition) is 3. The van der Waals surface area contributed by atoms with Crippen LogP contribution in [0.1, 0.15) is 51.1 Å². The van der Waals surface area contributed by atoms with Crippen molar-refractivity contribution < 1.29 is 18.7 Å². The predicted octanol–water partition coefficient (Wildman–Crippen LogP) is 3.47. The smallest absolute Gasteiger partial charge is 0.306 e. The highest BCUT2D eigenvalue weighted by Crippen LogP contribution is 2.35. The van der Waals surface area contributed by atoms with Crippen molar-refractivity contribution in [2.45, 2.75) is 45.6 Å². The summed E-state index contributed by atoms with van der Waals surface area (Å²) in [6, 6.07) is 6.34. The standard InChI is InChI=1S/C18H24FNO3/c1-18(2,12-17(22)23-3)11-16(21)20-10-4-5-15(20)13-6-8-14(19)9-7-13/h6-9,15H,4-5,10-12H2,1-3H3/t15-/m1/s1. The lowest BCUT2D eigenvalue weighted by molar-refractivity contribution is -0.144. The third-order valence-corrected chi connectivity index (χ3v) is 4.31. The third kappa shape index (κ3) is 4.53. The highest BCUT2D eigenvalue weighted by molar-refractivity contribution is 5.79. The van der Waals surface area contributed by atoms with E-state index in [1.807, 2.05) is 18.7 Å². The molecule has 1 aromatic rings. The average molecular weight is 321 g/mol. The van der Waals surface area contributed by atoms with Crippen LogP contribution in [0.4, 0.5) is 4.39 Å². The molecule has 0 unspecified atom stereocenters. The van der Waals surface area contributed by atoms with Gasteiger partial charge in [-0.1, -0.05) is 26.0 Å². The van der Waals surface area contributed by atoms with Gasteiger partial charge in [0.2, 0.25) is 5.91 Å². The fourth-order valence-electron chi connectivity index (χ4n) is 3.13. The normalized spacial score (nSPS) is 18.1. The number of amides is 1. The van der Waals surface area contributed by atoms with Crippen molar-refractivity contribution in [3.05, 3.63) is 35.6 Å². The lowest BCUT2D eigenvalue weighted by Crippen LogP contribution is -2.34. The minimum absolute atomic E-state index is 0.00275. The second-order valence-electron chi connectivity index (χ2n) is 6.89. The number of ether oxygens (including phenoxy) is 1. The maximum Gasteiger partial charge on any atom is 0.306 e. The summed E-state index contributed by atoms with van der Waals surface area (Å²) < 4.78 is 17.8. The maximum absolute atomic E-state index is 13.1. The first-order valence-corrected chi connectivity index (χ1v) is 7.94. The van der Waals surface area contributed by atoms with Gasteiger partial charge in [0.05, 0.1) is 19.6 Å². The van der Waals surface area contributed by atoms with Gasteiger partial charge < -0.3 is 9.64 Å². The molecule has 1 amide bonds. The van der Waals surface area contributed by atoms with Gasteiger partial charge >= 0.3 is 5.97 Å². The summed E-state index contributed by atoms with van der Waals surface area (Å²) >= 11 is 0. The Morgan fingerprint density at radius 3 is 2.52 bits per heavy atom. The zero-order valence-electron chi connectivity index (χ0n) is 14.0. The summed E-state index contributed by atoms with van der Waals surface area (Å²) in [5, 5.41) is 0. The van der Waals surface area contributed by atoms with E-state index in [-0.39, 0.29) is 30.2 Å². The zero-order chi connectivity index (χ0) is 17.0. The molecule has 1 fully saturated rings. The summed E-state index contributed by atoms with van der Waals surface area (Å²) in [7, 11) is 1.35. The first-order chi connectivity index (χ1) is 10.8. The molecule has 1 aliphatic heterocycles. The van der Waals surface area contributed by atoms with Crippen LogP contribution in [-0.2, 0) is 14.3 Å². The van der Waals surface area contributed by atoms with Gasteiger partial charge in [0, 0.05) is 13.0 Å². The van der Waals surface area contributed by atoms with Crippen molar-refractivity contribution in [2.24, 2.45) is 5.41 Å². The number of rotatable bonds is 5. The van der Waals surface area contributed by atoms with E-state index in [1.54, 1.807) is 12.1 Å². The van der Waals surface area contributed by atoms with Crippen LogP contribution in [0.3, 0.4) is 0 Å². The van der Waals surface area contributed by atoms with Gasteiger partial charge in [0.15, 0.2) is 0 Å². The van der Waals surface area contributed by atoms with Crippen molar-refractivity contribution in [3.63, 3.8) is 0 Å². The van der Waals surface area contributed by atoms with Crippen LogP contribution in [0.5, 0.6) is 0 Å². The average Bonchev–Trinajstić information content (AvgIpc) is 2.96. The molecule has 5 heteroatoms. The van der Waals surface area contributed by atoms with Crippen LogP contribution >= 0.6 is 0 Å². The molecular weight excluding hydrogens is 297 g/mol. The Kier molecular flexibility index (Phi) is 5.39. The molecule has 1 atom stereocenters. The number of esters is 1. The van der Waals surface area contributed by atoms with E-state index in [0.717, 1.165) is 18.4 Å². The Hall–Kier alpha value is -1.91. The number of halogens is 1. The van der Waals surface area contributed by atoms with Gasteiger partial charge in [-0.3, -0.25) is 9.59 Å². The van der Waals surface area contributed by atoms with E-state index in [0.29, 0.717) is 13.0 Å². The molecule has 0 bridgehead atoms. The number of carbonyl (C=O) groups excluding carboxylic acids is 2. The minimum atomic E-state index is -0.444. The second kappa shape index (κ2) is 7.11. The highest BCUT2D eigenvalue weighted by atomic mass is 19.1. The maximum atomic E-state index is 13.1. The number of benzene rings is 1. The molecule has 0 aromatic heterocycles. The monoisotopic (exact) mass is 321 g/mol. The molecule has 23 heavy (non-hydrogen) atoms. The molecule has 0 saturated carbocycles.